The number of aryl methyl sites for hydroxylation is 1. The minimum atomic E-state index is 0.233. The van der Waals surface area contributed by atoms with Gasteiger partial charge in [0, 0.05) is 42.7 Å². The fourth-order valence-corrected chi connectivity index (χ4v) is 3.89. The third kappa shape index (κ3) is 3.90. The van der Waals surface area contributed by atoms with Gasteiger partial charge in [0.05, 0.1) is 7.11 Å². The molecule has 1 fully saturated rings. The summed E-state index contributed by atoms with van der Waals surface area (Å²) in [6.07, 6.45) is 1.45. The molecule has 0 radical (unpaired) electrons. The van der Waals surface area contributed by atoms with Crippen molar-refractivity contribution in [2.75, 3.05) is 31.6 Å². The van der Waals surface area contributed by atoms with Crippen molar-refractivity contribution in [3.8, 4) is 5.75 Å². The molecule has 0 spiro atoms. The van der Waals surface area contributed by atoms with Gasteiger partial charge in [-0.15, -0.1) is 11.3 Å². The zero-order chi connectivity index (χ0) is 16.9. The summed E-state index contributed by atoms with van der Waals surface area (Å²) in [5.41, 5.74) is 1.19. The van der Waals surface area contributed by atoms with Gasteiger partial charge in [0.25, 0.3) is 0 Å². The molecule has 2 heterocycles. The number of amides is 1. The van der Waals surface area contributed by atoms with Crippen LogP contribution >= 0.6 is 11.3 Å². The highest BCUT2D eigenvalue weighted by Gasteiger charge is 2.27. The Morgan fingerprint density at radius 3 is 2.67 bits per heavy atom. The molecule has 0 bridgehead atoms. The van der Waals surface area contributed by atoms with Crippen LogP contribution in [0.1, 0.15) is 18.2 Å². The molecule has 1 aliphatic heterocycles. The Balaban J connectivity index is 1.55. The van der Waals surface area contributed by atoms with E-state index in [-0.39, 0.29) is 11.9 Å². The number of carbonyl (C=O) groups is 1. The molecular formula is C19H24N2O2S. The summed E-state index contributed by atoms with van der Waals surface area (Å²) < 4.78 is 5.21. The lowest BCUT2D eigenvalue weighted by molar-refractivity contribution is -0.133. The molecule has 4 nitrogen and oxygen atoms in total. The zero-order valence-electron chi connectivity index (χ0n) is 14.3. The van der Waals surface area contributed by atoms with Crippen molar-refractivity contribution in [3.63, 3.8) is 0 Å². The monoisotopic (exact) mass is 344 g/mol. The zero-order valence-corrected chi connectivity index (χ0v) is 15.1. The number of hydrogen-bond acceptors (Lipinski definition) is 4. The minimum absolute atomic E-state index is 0.233. The minimum Gasteiger partial charge on any atom is -0.497 e. The van der Waals surface area contributed by atoms with E-state index >= 15 is 0 Å². The number of nitrogens with zero attached hydrogens (tertiary/aromatic N) is 2. The van der Waals surface area contributed by atoms with E-state index in [1.54, 1.807) is 18.4 Å². The fourth-order valence-electron chi connectivity index (χ4n) is 3.18. The highest BCUT2D eigenvalue weighted by Crippen LogP contribution is 2.23. The standard InChI is InChI=1S/C19H24N2O2S/c1-15-14-20(16-5-7-17(23-2)8-6-16)11-12-21(15)19(22)10-9-18-4-3-13-24-18/h3-8,13,15H,9-12,14H2,1-2H3. The van der Waals surface area contributed by atoms with Crippen molar-refractivity contribution in [3.05, 3.63) is 46.7 Å². The number of piperazine rings is 1. The van der Waals surface area contributed by atoms with Crippen molar-refractivity contribution in [1.29, 1.82) is 0 Å². The van der Waals surface area contributed by atoms with E-state index in [0.717, 1.165) is 31.8 Å². The smallest absolute Gasteiger partial charge is 0.223 e. The number of anilines is 1. The first-order valence-corrected chi connectivity index (χ1v) is 9.26. The van der Waals surface area contributed by atoms with Crippen LogP contribution in [0.2, 0.25) is 0 Å². The van der Waals surface area contributed by atoms with Crippen LogP contribution in [-0.2, 0) is 11.2 Å². The molecule has 128 valence electrons. The van der Waals surface area contributed by atoms with Crippen LogP contribution in [0.5, 0.6) is 5.75 Å². The number of benzene rings is 1. The molecule has 3 rings (SSSR count). The summed E-state index contributed by atoms with van der Waals surface area (Å²) in [5.74, 6) is 1.14. The second-order valence-electron chi connectivity index (χ2n) is 6.16. The highest BCUT2D eigenvalue weighted by atomic mass is 32.1. The Morgan fingerprint density at radius 2 is 2.04 bits per heavy atom. The van der Waals surface area contributed by atoms with Gasteiger partial charge in [-0.25, -0.2) is 0 Å². The van der Waals surface area contributed by atoms with Crippen molar-refractivity contribution in [2.24, 2.45) is 0 Å². The average Bonchev–Trinajstić information content (AvgIpc) is 3.13. The number of hydrogen-bond donors (Lipinski definition) is 0. The van der Waals surface area contributed by atoms with Gasteiger partial charge in [-0.05, 0) is 49.1 Å². The lowest BCUT2D eigenvalue weighted by Gasteiger charge is -2.41. The maximum Gasteiger partial charge on any atom is 0.223 e. The third-order valence-electron chi connectivity index (χ3n) is 4.55. The quantitative estimate of drug-likeness (QED) is 0.833. The molecule has 0 saturated carbocycles. The molecule has 1 amide bonds. The number of methoxy groups -OCH3 is 1. The average molecular weight is 344 g/mol. The van der Waals surface area contributed by atoms with E-state index < -0.39 is 0 Å². The van der Waals surface area contributed by atoms with Gasteiger partial charge in [-0.2, -0.15) is 0 Å². The van der Waals surface area contributed by atoms with Crippen LogP contribution in [0, 0.1) is 0 Å². The lowest BCUT2D eigenvalue weighted by atomic mass is 10.1. The molecule has 0 aliphatic carbocycles. The first-order chi connectivity index (χ1) is 11.7. The van der Waals surface area contributed by atoms with Crippen molar-refractivity contribution in [2.45, 2.75) is 25.8 Å². The summed E-state index contributed by atoms with van der Waals surface area (Å²) in [4.78, 5) is 18.2. The van der Waals surface area contributed by atoms with Crippen molar-refractivity contribution < 1.29 is 9.53 Å². The van der Waals surface area contributed by atoms with Gasteiger partial charge in [-0.1, -0.05) is 6.07 Å². The summed E-state index contributed by atoms with van der Waals surface area (Å²) in [5, 5.41) is 2.07. The van der Waals surface area contributed by atoms with Gasteiger partial charge < -0.3 is 14.5 Å². The molecule has 1 saturated heterocycles. The molecule has 1 unspecified atom stereocenters. The molecule has 1 aromatic carbocycles. The van der Waals surface area contributed by atoms with E-state index in [2.05, 4.69) is 35.4 Å². The molecule has 24 heavy (non-hydrogen) atoms. The highest BCUT2D eigenvalue weighted by molar-refractivity contribution is 7.09. The van der Waals surface area contributed by atoms with Gasteiger partial charge in [0.15, 0.2) is 0 Å². The summed E-state index contributed by atoms with van der Waals surface area (Å²) in [6.45, 7) is 4.67. The predicted molar refractivity (Wildman–Crippen MR) is 99.0 cm³/mol. The number of ether oxygens (including phenoxy) is 1. The van der Waals surface area contributed by atoms with Crippen molar-refractivity contribution >= 4 is 22.9 Å². The van der Waals surface area contributed by atoms with Crippen LogP contribution in [0.3, 0.4) is 0 Å². The number of rotatable bonds is 5. The predicted octanol–water partition coefficient (Wildman–Crippen LogP) is 3.43. The van der Waals surface area contributed by atoms with E-state index in [1.807, 2.05) is 23.1 Å². The van der Waals surface area contributed by atoms with E-state index in [9.17, 15) is 4.79 Å². The first-order valence-electron chi connectivity index (χ1n) is 8.38. The topological polar surface area (TPSA) is 32.8 Å². The second kappa shape index (κ2) is 7.71. The SMILES string of the molecule is COc1ccc(N2CCN(C(=O)CCc3cccs3)C(C)C2)cc1. The maximum atomic E-state index is 12.5. The maximum absolute atomic E-state index is 12.5. The van der Waals surface area contributed by atoms with Crippen LogP contribution in [0.4, 0.5) is 5.69 Å². The Labute approximate surface area is 147 Å². The molecule has 1 atom stereocenters. The van der Waals surface area contributed by atoms with Crippen LogP contribution < -0.4 is 9.64 Å². The molecular weight excluding hydrogens is 320 g/mol. The van der Waals surface area contributed by atoms with Gasteiger partial charge in [0.2, 0.25) is 5.91 Å². The van der Waals surface area contributed by atoms with E-state index in [4.69, 9.17) is 4.74 Å². The molecule has 0 N–H and O–H groups in total. The largest absolute Gasteiger partial charge is 0.497 e. The molecule has 2 aromatic rings. The normalized spacial score (nSPS) is 17.8. The van der Waals surface area contributed by atoms with E-state index in [1.165, 1.54) is 10.6 Å². The summed E-state index contributed by atoms with van der Waals surface area (Å²) in [7, 11) is 1.68. The van der Waals surface area contributed by atoms with Crippen LogP contribution in [0.15, 0.2) is 41.8 Å². The summed E-state index contributed by atoms with van der Waals surface area (Å²) in [6, 6.07) is 12.5. The van der Waals surface area contributed by atoms with Gasteiger partial charge in [0.1, 0.15) is 5.75 Å². The Morgan fingerprint density at radius 1 is 1.25 bits per heavy atom. The summed E-state index contributed by atoms with van der Waals surface area (Å²) >= 11 is 1.72. The van der Waals surface area contributed by atoms with Gasteiger partial charge >= 0.3 is 0 Å². The first kappa shape index (κ1) is 16.8. The Hall–Kier alpha value is -2.01. The Bertz CT molecular complexity index is 655. The molecule has 5 heteroatoms. The third-order valence-corrected chi connectivity index (χ3v) is 5.49. The number of thiophene rings is 1. The molecule has 1 aromatic heterocycles. The molecule has 1 aliphatic rings. The Kier molecular flexibility index (Phi) is 5.41. The second-order valence-corrected chi connectivity index (χ2v) is 7.19. The lowest BCUT2D eigenvalue weighted by Crippen LogP contribution is -2.54. The van der Waals surface area contributed by atoms with Crippen LogP contribution in [-0.4, -0.2) is 43.6 Å². The van der Waals surface area contributed by atoms with E-state index in [0.29, 0.717) is 6.42 Å². The van der Waals surface area contributed by atoms with Crippen LogP contribution in [0.25, 0.3) is 0 Å². The van der Waals surface area contributed by atoms with Gasteiger partial charge in [-0.3, -0.25) is 4.79 Å². The number of carbonyl (C=O) groups excluding carboxylic acids is 1. The van der Waals surface area contributed by atoms with Crippen molar-refractivity contribution in [1.82, 2.24) is 4.90 Å². The fraction of sp³-hybridized carbons (Fsp3) is 0.421.